The van der Waals surface area contributed by atoms with Crippen LogP contribution >= 0.6 is 0 Å². The Morgan fingerprint density at radius 2 is 2.04 bits per heavy atom. The molecule has 7 nitrogen and oxygen atoms in total. The Kier molecular flexibility index (Phi) is 4.69. The van der Waals surface area contributed by atoms with Crippen molar-refractivity contribution in [1.82, 2.24) is 4.90 Å². The molecule has 2 aromatic rings. The Bertz CT molecular complexity index is 707. The Hall–Kier alpha value is -2.96. The van der Waals surface area contributed by atoms with Crippen LogP contribution in [0.5, 0.6) is 5.75 Å². The fourth-order valence-electron chi connectivity index (χ4n) is 2.67. The van der Waals surface area contributed by atoms with Crippen molar-refractivity contribution in [3.8, 4) is 5.75 Å². The summed E-state index contributed by atoms with van der Waals surface area (Å²) in [5.74, 6) is 0.480. The number of ether oxygens (including phenoxy) is 1. The fraction of sp³-hybridized carbons (Fsp3) is 0.294. The minimum Gasteiger partial charge on any atom is -0.495 e. The van der Waals surface area contributed by atoms with Crippen LogP contribution < -0.4 is 15.0 Å². The van der Waals surface area contributed by atoms with Gasteiger partial charge in [-0.1, -0.05) is 0 Å². The highest BCUT2D eigenvalue weighted by atomic mass is 16.5. The van der Waals surface area contributed by atoms with E-state index in [0.29, 0.717) is 24.5 Å². The highest BCUT2D eigenvalue weighted by Gasteiger charge is 2.18. The summed E-state index contributed by atoms with van der Waals surface area (Å²) in [6, 6.07) is 8.90. The number of methoxy groups -OCH3 is 1. The second-order valence-electron chi connectivity index (χ2n) is 5.44. The molecule has 2 amide bonds. The summed E-state index contributed by atoms with van der Waals surface area (Å²) >= 11 is 0. The highest BCUT2D eigenvalue weighted by Crippen LogP contribution is 2.30. The monoisotopic (exact) mass is 329 g/mol. The van der Waals surface area contributed by atoms with Crippen LogP contribution in [-0.4, -0.2) is 50.5 Å². The number of carbonyl (C=O) groups is 2. The zero-order valence-electron chi connectivity index (χ0n) is 13.4. The minimum absolute atomic E-state index is 0.238. The third-order valence-electron chi connectivity index (χ3n) is 4.00. The molecule has 3 rings (SSSR count). The molecule has 2 heterocycles. The van der Waals surface area contributed by atoms with Crippen molar-refractivity contribution < 1.29 is 18.7 Å². The van der Waals surface area contributed by atoms with Gasteiger partial charge in [0, 0.05) is 31.9 Å². The van der Waals surface area contributed by atoms with Gasteiger partial charge in [-0.3, -0.25) is 9.59 Å². The van der Waals surface area contributed by atoms with Crippen molar-refractivity contribution >= 4 is 23.7 Å². The van der Waals surface area contributed by atoms with Gasteiger partial charge in [-0.25, -0.2) is 0 Å². The number of benzene rings is 1. The molecule has 0 spiro atoms. The lowest BCUT2D eigenvalue weighted by Crippen LogP contribution is -2.45. The van der Waals surface area contributed by atoms with Gasteiger partial charge in [0.15, 0.2) is 5.76 Å². The van der Waals surface area contributed by atoms with Gasteiger partial charge < -0.3 is 24.3 Å². The van der Waals surface area contributed by atoms with Crippen molar-refractivity contribution in [1.29, 1.82) is 0 Å². The quantitative estimate of drug-likeness (QED) is 0.847. The molecule has 0 radical (unpaired) electrons. The molecule has 1 aliphatic rings. The predicted molar refractivity (Wildman–Crippen MR) is 89.5 cm³/mol. The summed E-state index contributed by atoms with van der Waals surface area (Å²) in [6.45, 7) is 2.86. The summed E-state index contributed by atoms with van der Waals surface area (Å²) in [5.41, 5.74) is 1.55. The molecule has 1 N–H and O–H groups in total. The van der Waals surface area contributed by atoms with E-state index in [4.69, 9.17) is 9.15 Å². The molecule has 0 aliphatic carbocycles. The average molecular weight is 329 g/mol. The fourth-order valence-corrected chi connectivity index (χ4v) is 2.67. The van der Waals surface area contributed by atoms with Gasteiger partial charge in [0.2, 0.25) is 6.41 Å². The lowest BCUT2D eigenvalue weighted by molar-refractivity contribution is -0.118. The van der Waals surface area contributed by atoms with E-state index in [0.717, 1.165) is 25.2 Å². The first-order valence-electron chi connectivity index (χ1n) is 7.68. The predicted octanol–water partition coefficient (Wildman–Crippen LogP) is 1.82. The first kappa shape index (κ1) is 15.9. The molecule has 7 heteroatoms. The maximum Gasteiger partial charge on any atom is 0.291 e. The van der Waals surface area contributed by atoms with Crippen molar-refractivity contribution in [2.75, 3.05) is 43.5 Å². The molecule has 24 heavy (non-hydrogen) atoms. The van der Waals surface area contributed by atoms with E-state index in [-0.39, 0.29) is 11.7 Å². The van der Waals surface area contributed by atoms with Crippen molar-refractivity contribution in [3.05, 3.63) is 42.4 Å². The SMILES string of the molecule is COc1ccc(N2CCN(C=O)CC2)cc1NC(=O)c1ccco1. The summed E-state index contributed by atoms with van der Waals surface area (Å²) in [4.78, 5) is 26.9. The van der Waals surface area contributed by atoms with Crippen LogP contribution in [0.15, 0.2) is 41.0 Å². The molecule has 1 aromatic heterocycles. The van der Waals surface area contributed by atoms with Crippen LogP contribution in [0, 0.1) is 0 Å². The molecule has 0 bridgehead atoms. The maximum atomic E-state index is 12.2. The Labute approximate surface area is 139 Å². The number of amides is 2. The number of nitrogens with one attached hydrogen (secondary N) is 1. The first-order chi connectivity index (χ1) is 11.7. The second-order valence-corrected chi connectivity index (χ2v) is 5.44. The molecule has 0 unspecified atom stereocenters. The van der Waals surface area contributed by atoms with Crippen LogP contribution in [0.2, 0.25) is 0 Å². The van der Waals surface area contributed by atoms with Gasteiger partial charge in [-0.15, -0.1) is 0 Å². The third kappa shape index (κ3) is 3.34. The van der Waals surface area contributed by atoms with Gasteiger partial charge in [-0.05, 0) is 30.3 Å². The second kappa shape index (κ2) is 7.08. The molecule has 0 saturated carbocycles. The van der Waals surface area contributed by atoms with Crippen molar-refractivity contribution in [2.24, 2.45) is 0 Å². The van der Waals surface area contributed by atoms with E-state index < -0.39 is 0 Å². The zero-order chi connectivity index (χ0) is 16.9. The van der Waals surface area contributed by atoms with E-state index >= 15 is 0 Å². The Morgan fingerprint density at radius 1 is 1.25 bits per heavy atom. The number of carbonyl (C=O) groups excluding carboxylic acids is 2. The van der Waals surface area contributed by atoms with Crippen LogP contribution in [0.4, 0.5) is 11.4 Å². The maximum absolute atomic E-state index is 12.2. The molecule has 1 aliphatic heterocycles. The number of nitrogens with zero attached hydrogens (tertiary/aromatic N) is 2. The van der Waals surface area contributed by atoms with Gasteiger partial charge in [0.05, 0.1) is 19.1 Å². The molecular formula is C17H19N3O4. The number of hydrogen-bond acceptors (Lipinski definition) is 5. The van der Waals surface area contributed by atoms with Crippen molar-refractivity contribution in [2.45, 2.75) is 0 Å². The molecule has 1 saturated heterocycles. The topological polar surface area (TPSA) is 75.0 Å². The third-order valence-corrected chi connectivity index (χ3v) is 4.00. The standard InChI is InChI=1S/C17H19N3O4/c1-23-15-5-4-13(20-8-6-19(12-21)7-9-20)11-14(15)18-17(22)16-3-2-10-24-16/h2-5,10-12H,6-9H2,1H3,(H,18,22). The Morgan fingerprint density at radius 3 is 2.67 bits per heavy atom. The number of rotatable bonds is 5. The molecule has 0 atom stereocenters. The first-order valence-corrected chi connectivity index (χ1v) is 7.68. The molecule has 1 fully saturated rings. The number of anilines is 2. The summed E-state index contributed by atoms with van der Waals surface area (Å²) in [7, 11) is 1.56. The van der Waals surface area contributed by atoms with Gasteiger partial charge in [0.1, 0.15) is 5.75 Å². The Balaban J connectivity index is 1.78. The average Bonchev–Trinajstić information content (AvgIpc) is 3.16. The van der Waals surface area contributed by atoms with E-state index in [1.165, 1.54) is 6.26 Å². The van der Waals surface area contributed by atoms with Gasteiger partial charge >= 0.3 is 0 Å². The van der Waals surface area contributed by atoms with Crippen LogP contribution in [0.25, 0.3) is 0 Å². The van der Waals surface area contributed by atoms with E-state index in [2.05, 4.69) is 10.2 Å². The van der Waals surface area contributed by atoms with Gasteiger partial charge in [0.25, 0.3) is 5.91 Å². The number of hydrogen-bond donors (Lipinski definition) is 1. The van der Waals surface area contributed by atoms with E-state index in [9.17, 15) is 9.59 Å². The molecular weight excluding hydrogens is 310 g/mol. The smallest absolute Gasteiger partial charge is 0.291 e. The van der Waals surface area contributed by atoms with E-state index in [1.807, 2.05) is 18.2 Å². The van der Waals surface area contributed by atoms with Crippen molar-refractivity contribution in [3.63, 3.8) is 0 Å². The van der Waals surface area contributed by atoms with Crippen LogP contribution in [-0.2, 0) is 4.79 Å². The zero-order valence-corrected chi connectivity index (χ0v) is 13.4. The summed E-state index contributed by atoms with van der Waals surface area (Å²) in [6.07, 6.45) is 2.33. The normalized spacial score (nSPS) is 14.4. The lowest BCUT2D eigenvalue weighted by atomic mass is 10.2. The summed E-state index contributed by atoms with van der Waals surface area (Å²) < 4.78 is 10.4. The van der Waals surface area contributed by atoms with Crippen LogP contribution in [0.3, 0.4) is 0 Å². The highest BCUT2D eigenvalue weighted by molar-refractivity contribution is 6.03. The minimum atomic E-state index is -0.332. The van der Waals surface area contributed by atoms with E-state index in [1.54, 1.807) is 24.1 Å². The summed E-state index contributed by atoms with van der Waals surface area (Å²) in [5, 5.41) is 2.81. The lowest BCUT2D eigenvalue weighted by Gasteiger charge is -2.34. The van der Waals surface area contributed by atoms with Crippen LogP contribution in [0.1, 0.15) is 10.6 Å². The number of furan rings is 1. The van der Waals surface area contributed by atoms with Gasteiger partial charge in [-0.2, -0.15) is 0 Å². The number of piperazine rings is 1. The largest absolute Gasteiger partial charge is 0.495 e. The molecule has 126 valence electrons. The molecule has 1 aromatic carbocycles.